The molecular formula is C14H21BrN2. The normalized spacial score (nSPS) is 27.3. The van der Waals surface area contributed by atoms with Gasteiger partial charge in [-0.25, -0.2) is 0 Å². The second-order valence-corrected chi connectivity index (χ2v) is 6.19. The van der Waals surface area contributed by atoms with Crippen LogP contribution in [0.1, 0.15) is 19.4 Å². The summed E-state index contributed by atoms with van der Waals surface area (Å²) in [6.45, 7) is 6.72. The molecule has 1 fully saturated rings. The predicted molar refractivity (Wildman–Crippen MR) is 76.0 cm³/mol. The number of hydrogen-bond donors (Lipinski definition) is 1. The number of nitrogens with zero attached hydrogens (tertiary/aromatic N) is 1. The number of likely N-dealkylation sites (tertiary alicyclic amines) is 1. The van der Waals surface area contributed by atoms with E-state index in [0.29, 0.717) is 18.0 Å². The molecule has 0 aliphatic carbocycles. The van der Waals surface area contributed by atoms with E-state index in [9.17, 15) is 0 Å². The van der Waals surface area contributed by atoms with E-state index in [1.165, 1.54) is 5.56 Å². The first-order chi connectivity index (χ1) is 8.06. The molecule has 0 saturated carbocycles. The van der Waals surface area contributed by atoms with Crippen molar-refractivity contribution in [1.29, 1.82) is 0 Å². The highest BCUT2D eigenvalue weighted by Crippen LogP contribution is 2.20. The van der Waals surface area contributed by atoms with E-state index in [4.69, 9.17) is 5.73 Å². The molecule has 3 atom stereocenters. The van der Waals surface area contributed by atoms with Gasteiger partial charge in [0.1, 0.15) is 0 Å². The molecule has 0 spiro atoms. The summed E-state index contributed by atoms with van der Waals surface area (Å²) in [4.78, 5) is 2.51. The Balaban J connectivity index is 1.93. The number of benzene rings is 1. The zero-order valence-corrected chi connectivity index (χ0v) is 12.2. The van der Waals surface area contributed by atoms with E-state index in [-0.39, 0.29) is 0 Å². The van der Waals surface area contributed by atoms with Gasteiger partial charge in [-0.15, -0.1) is 0 Å². The molecule has 1 aliphatic heterocycles. The van der Waals surface area contributed by atoms with Crippen LogP contribution in [0.15, 0.2) is 28.7 Å². The first-order valence-electron chi connectivity index (χ1n) is 6.30. The molecule has 17 heavy (non-hydrogen) atoms. The minimum absolute atomic E-state index is 0.349. The summed E-state index contributed by atoms with van der Waals surface area (Å²) < 4.78 is 1.14. The molecule has 1 aromatic rings. The van der Waals surface area contributed by atoms with Gasteiger partial charge < -0.3 is 5.73 Å². The van der Waals surface area contributed by atoms with E-state index >= 15 is 0 Å². The van der Waals surface area contributed by atoms with E-state index in [1.54, 1.807) is 0 Å². The third-order valence-corrected chi connectivity index (χ3v) is 4.30. The highest BCUT2D eigenvalue weighted by atomic mass is 79.9. The Kier molecular flexibility index (Phi) is 4.23. The molecule has 3 heteroatoms. The molecule has 1 heterocycles. The lowest BCUT2D eigenvalue weighted by atomic mass is 10.1. The fourth-order valence-electron chi connectivity index (χ4n) is 2.48. The molecule has 0 amide bonds. The monoisotopic (exact) mass is 296 g/mol. The number of halogens is 1. The number of rotatable bonds is 3. The Bertz CT molecular complexity index is 353. The van der Waals surface area contributed by atoms with Gasteiger partial charge in [0.25, 0.3) is 0 Å². The third-order valence-electron chi connectivity index (χ3n) is 3.77. The minimum Gasteiger partial charge on any atom is -0.326 e. The van der Waals surface area contributed by atoms with E-state index < -0.39 is 0 Å². The van der Waals surface area contributed by atoms with Gasteiger partial charge in [-0.3, -0.25) is 4.90 Å². The Labute approximate surface area is 112 Å². The van der Waals surface area contributed by atoms with Gasteiger partial charge in [-0.05, 0) is 37.0 Å². The summed E-state index contributed by atoms with van der Waals surface area (Å²) in [6.07, 6.45) is 1.10. The highest BCUT2D eigenvalue weighted by Gasteiger charge is 2.29. The van der Waals surface area contributed by atoms with Crippen LogP contribution in [-0.4, -0.2) is 30.1 Å². The number of hydrogen-bond acceptors (Lipinski definition) is 2. The molecule has 0 radical (unpaired) electrons. The topological polar surface area (TPSA) is 29.3 Å². The van der Waals surface area contributed by atoms with E-state index in [2.05, 4.69) is 58.9 Å². The molecule has 2 rings (SSSR count). The summed E-state index contributed by atoms with van der Waals surface area (Å²) in [5.41, 5.74) is 7.47. The van der Waals surface area contributed by atoms with Crippen molar-refractivity contribution >= 4 is 15.9 Å². The van der Waals surface area contributed by atoms with Gasteiger partial charge in [-0.2, -0.15) is 0 Å². The molecule has 1 saturated heterocycles. The Morgan fingerprint density at radius 1 is 1.35 bits per heavy atom. The Hall–Kier alpha value is -0.380. The minimum atomic E-state index is 0.349. The maximum Gasteiger partial charge on any atom is 0.0206 e. The molecular weight excluding hydrogens is 276 g/mol. The van der Waals surface area contributed by atoms with Crippen molar-refractivity contribution in [2.24, 2.45) is 11.7 Å². The van der Waals surface area contributed by atoms with Crippen molar-refractivity contribution in [2.75, 3.05) is 13.1 Å². The average Bonchev–Trinajstić information content (AvgIpc) is 2.63. The first-order valence-corrected chi connectivity index (χ1v) is 7.09. The van der Waals surface area contributed by atoms with Crippen molar-refractivity contribution in [1.82, 2.24) is 4.90 Å². The van der Waals surface area contributed by atoms with Crippen LogP contribution >= 0.6 is 15.9 Å². The van der Waals surface area contributed by atoms with Crippen LogP contribution in [0.5, 0.6) is 0 Å². The second-order valence-electron chi connectivity index (χ2n) is 5.27. The van der Waals surface area contributed by atoms with Crippen LogP contribution in [0.25, 0.3) is 0 Å². The van der Waals surface area contributed by atoms with Crippen molar-refractivity contribution in [3.05, 3.63) is 34.3 Å². The van der Waals surface area contributed by atoms with Crippen LogP contribution in [0.2, 0.25) is 0 Å². The molecule has 2 N–H and O–H groups in total. The predicted octanol–water partition coefficient (Wildman–Crippen LogP) is 2.66. The molecule has 0 aromatic heterocycles. The Morgan fingerprint density at radius 2 is 2.00 bits per heavy atom. The second kappa shape index (κ2) is 5.51. The fourth-order valence-corrected chi connectivity index (χ4v) is 2.75. The van der Waals surface area contributed by atoms with Crippen LogP contribution < -0.4 is 5.73 Å². The maximum absolute atomic E-state index is 6.07. The zero-order valence-electron chi connectivity index (χ0n) is 10.6. The van der Waals surface area contributed by atoms with Crippen LogP contribution in [0.4, 0.5) is 0 Å². The van der Waals surface area contributed by atoms with Crippen molar-refractivity contribution in [3.8, 4) is 0 Å². The molecule has 1 aliphatic rings. The lowest BCUT2D eigenvalue weighted by Crippen LogP contribution is -2.35. The maximum atomic E-state index is 6.07. The zero-order chi connectivity index (χ0) is 12.4. The fraction of sp³-hybridized carbons (Fsp3) is 0.571. The van der Waals surface area contributed by atoms with Crippen LogP contribution in [0.3, 0.4) is 0 Å². The summed E-state index contributed by atoms with van der Waals surface area (Å²) in [5.74, 6) is 0.627. The lowest BCUT2D eigenvalue weighted by Gasteiger charge is -2.24. The summed E-state index contributed by atoms with van der Waals surface area (Å²) >= 11 is 3.47. The Morgan fingerprint density at radius 3 is 2.53 bits per heavy atom. The van der Waals surface area contributed by atoms with Gasteiger partial charge in [0, 0.05) is 29.6 Å². The van der Waals surface area contributed by atoms with Gasteiger partial charge >= 0.3 is 0 Å². The standard InChI is InChI=1S/C14H21BrN2/c1-10-8-17(9-14(10)16)11(2)7-12-3-5-13(15)6-4-12/h3-6,10-11,14H,7-9,16H2,1-2H3. The molecule has 94 valence electrons. The van der Waals surface area contributed by atoms with E-state index in [1.807, 2.05) is 0 Å². The smallest absolute Gasteiger partial charge is 0.0206 e. The largest absolute Gasteiger partial charge is 0.326 e. The van der Waals surface area contributed by atoms with Crippen LogP contribution in [0, 0.1) is 5.92 Å². The number of nitrogens with two attached hydrogens (primary N) is 1. The molecule has 3 unspecified atom stereocenters. The van der Waals surface area contributed by atoms with Gasteiger partial charge in [0.2, 0.25) is 0 Å². The van der Waals surface area contributed by atoms with E-state index in [0.717, 1.165) is 24.0 Å². The van der Waals surface area contributed by atoms with Crippen molar-refractivity contribution in [3.63, 3.8) is 0 Å². The quantitative estimate of drug-likeness (QED) is 0.929. The van der Waals surface area contributed by atoms with Crippen molar-refractivity contribution < 1.29 is 0 Å². The summed E-state index contributed by atoms with van der Waals surface area (Å²) in [6, 6.07) is 9.54. The summed E-state index contributed by atoms with van der Waals surface area (Å²) in [7, 11) is 0. The summed E-state index contributed by atoms with van der Waals surface area (Å²) in [5, 5.41) is 0. The van der Waals surface area contributed by atoms with Crippen molar-refractivity contribution in [2.45, 2.75) is 32.4 Å². The average molecular weight is 297 g/mol. The highest BCUT2D eigenvalue weighted by molar-refractivity contribution is 9.10. The van der Waals surface area contributed by atoms with Crippen LogP contribution in [-0.2, 0) is 6.42 Å². The SMILES string of the molecule is CC1CN(C(C)Cc2ccc(Br)cc2)CC1N. The van der Waals surface area contributed by atoms with Gasteiger partial charge in [-0.1, -0.05) is 35.0 Å². The molecule has 0 bridgehead atoms. The van der Waals surface area contributed by atoms with Gasteiger partial charge in [0.05, 0.1) is 0 Å². The lowest BCUT2D eigenvalue weighted by molar-refractivity contribution is 0.248. The first kappa shape index (κ1) is 13.1. The molecule has 2 nitrogen and oxygen atoms in total. The third kappa shape index (κ3) is 3.30. The van der Waals surface area contributed by atoms with Gasteiger partial charge in [0.15, 0.2) is 0 Å². The molecule has 1 aromatic carbocycles.